The van der Waals surface area contributed by atoms with Gasteiger partial charge in [0.1, 0.15) is 0 Å². The topological polar surface area (TPSA) is 58.3 Å². The third kappa shape index (κ3) is 3.82. The molecule has 0 aliphatic carbocycles. The maximum Gasteiger partial charge on any atom is 0.230 e. The van der Waals surface area contributed by atoms with Crippen LogP contribution in [-0.4, -0.2) is 52.2 Å². The van der Waals surface area contributed by atoms with E-state index in [-0.39, 0.29) is 5.92 Å². The molecule has 1 aliphatic rings. The number of pyridine rings is 1. The third-order valence-corrected chi connectivity index (χ3v) is 4.73. The molecular weight excluding hydrogens is 302 g/mol. The first kappa shape index (κ1) is 17.0. The van der Waals surface area contributed by atoms with Crippen molar-refractivity contribution >= 4 is 0 Å². The molecule has 0 saturated carbocycles. The van der Waals surface area contributed by atoms with E-state index >= 15 is 0 Å². The lowest BCUT2D eigenvalue weighted by molar-refractivity contribution is 0.201. The highest BCUT2D eigenvalue weighted by Gasteiger charge is 2.33. The Morgan fingerprint density at radius 3 is 2.88 bits per heavy atom. The van der Waals surface area contributed by atoms with Gasteiger partial charge in [0.2, 0.25) is 11.8 Å². The molecule has 2 aromatic heterocycles. The summed E-state index contributed by atoms with van der Waals surface area (Å²) in [5.74, 6) is 2.27. The Bertz CT molecular complexity index is 642. The summed E-state index contributed by atoms with van der Waals surface area (Å²) in [5.41, 5.74) is 1.30. The highest BCUT2D eigenvalue weighted by molar-refractivity contribution is 5.17. The third-order valence-electron chi connectivity index (χ3n) is 4.73. The monoisotopic (exact) mass is 329 g/mol. The average Bonchev–Trinajstić information content (AvgIpc) is 3.15. The molecule has 1 aliphatic heterocycles. The molecule has 0 amide bonds. The zero-order valence-corrected chi connectivity index (χ0v) is 15.0. The van der Waals surface area contributed by atoms with Crippen LogP contribution >= 0.6 is 0 Å². The lowest BCUT2D eigenvalue weighted by Crippen LogP contribution is -2.30. The zero-order chi connectivity index (χ0) is 17.1. The maximum absolute atomic E-state index is 5.73. The van der Waals surface area contributed by atoms with Crippen LogP contribution in [0, 0.1) is 5.92 Å². The van der Waals surface area contributed by atoms with Gasteiger partial charge in [-0.05, 0) is 44.6 Å². The zero-order valence-electron chi connectivity index (χ0n) is 15.0. The molecule has 24 heavy (non-hydrogen) atoms. The Kier molecular flexibility index (Phi) is 5.26. The smallest absolute Gasteiger partial charge is 0.230 e. The van der Waals surface area contributed by atoms with Gasteiger partial charge in [-0.2, -0.15) is 0 Å². The number of hydrogen-bond acceptors (Lipinski definition) is 6. The number of rotatable bonds is 6. The van der Waals surface area contributed by atoms with Crippen LogP contribution in [0.1, 0.15) is 49.6 Å². The van der Waals surface area contributed by atoms with Crippen molar-refractivity contribution in [2.45, 2.75) is 38.8 Å². The second kappa shape index (κ2) is 7.40. The summed E-state index contributed by atoms with van der Waals surface area (Å²) in [6.45, 7) is 6.95. The van der Waals surface area contributed by atoms with Crippen molar-refractivity contribution in [3.8, 4) is 0 Å². The molecule has 6 heteroatoms. The highest BCUT2D eigenvalue weighted by Crippen LogP contribution is 2.36. The molecule has 3 heterocycles. The van der Waals surface area contributed by atoms with Crippen molar-refractivity contribution < 1.29 is 4.42 Å². The van der Waals surface area contributed by atoms with E-state index in [0.29, 0.717) is 30.3 Å². The predicted molar refractivity (Wildman–Crippen MR) is 92.4 cm³/mol. The molecule has 2 atom stereocenters. The molecule has 3 rings (SSSR count). The molecule has 0 unspecified atom stereocenters. The van der Waals surface area contributed by atoms with Gasteiger partial charge in [0.25, 0.3) is 0 Å². The van der Waals surface area contributed by atoms with Gasteiger partial charge in [-0.15, -0.1) is 10.2 Å². The van der Waals surface area contributed by atoms with Crippen LogP contribution in [0.25, 0.3) is 0 Å². The molecule has 0 aromatic carbocycles. The van der Waals surface area contributed by atoms with Crippen LogP contribution in [0.2, 0.25) is 0 Å². The fourth-order valence-corrected chi connectivity index (χ4v) is 3.55. The van der Waals surface area contributed by atoms with Crippen LogP contribution < -0.4 is 0 Å². The van der Waals surface area contributed by atoms with E-state index in [4.69, 9.17) is 4.42 Å². The molecule has 0 N–H and O–H groups in total. The second-order valence-corrected chi connectivity index (χ2v) is 7.15. The Balaban J connectivity index is 1.63. The van der Waals surface area contributed by atoms with Crippen molar-refractivity contribution in [3.05, 3.63) is 41.9 Å². The van der Waals surface area contributed by atoms with Crippen molar-refractivity contribution in [1.82, 2.24) is 25.0 Å². The molecule has 0 radical (unpaired) electrons. The van der Waals surface area contributed by atoms with Gasteiger partial charge >= 0.3 is 0 Å². The van der Waals surface area contributed by atoms with Gasteiger partial charge in [-0.1, -0.05) is 19.9 Å². The van der Waals surface area contributed by atoms with E-state index in [2.05, 4.69) is 59.0 Å². The summed E-state index contributed by atoms with van der Waals surface area (Å²) >= 11 is 0. The molecule has 1 fully saturated rings. The first-order chi connectivity index (χ1) is 11.5. The standard InChI is InChI=1S/C18H27N5O/c1-13(2)18-21-20-16(24-18)12-22(3)11-15-7-9-23(4)17(15)14-6-5-8-19-10-14/h5-6,8,10,13,15,17H,7,9,11-12H2,1-4H3/t15-,17-/m0/s1. The van der Waals surface area contributed by atoms with E-state index in [1.54, 1.807) is 0 Å². The van der Waals surface area contributed by atoms with E-state index in [1.807, 2.05) is 18.5 Å². The Morgan fingerprint density at radius 1 is 1.38 bits per heavy atom. The molecule has 6 nitrogen and oxygen atoms in total. The molecule has 0 spiro atoms. The summed E-state index contributed by atoms with van der Waals surface area (Å²) in [7, 11) is 4.32. The Morgan fingerprint density at radius 2 is 2.21 bits per heavy atom. The van der Waals surface area contributed by atoms with Gasteiger partial charge < -0.3 is 4.42 Å². The number of nitrogens with zero attached hydrogens (tertiary/aromatic N) is 5. The van der Waals surface area contributed by atoms with E-state index in [9.17, 15) is 0 Å². The van der Waals surface area contributed by atoms with Gasteiger partial charge in [0.05, 0.1) is 6.54 Å². The van der Waals surface area contributed by atoms with Gasteiger partial charge in [0.15, 0.2) is 0 Å². The van der Waals surface area contributed by atoms with Crippen LogP contribution in [0.15, 0.2) is 28.9 Å². The van der Waals surface area contributed by atoms with Crippen LogP contribution in [0.3, 0.4) is 0 Å². The number of hydrogen-bond donors (Lipinski definition) is 0. The average molecular weight is 329 g/mol. The highest BCUT2D eigenvalue weighted by atomic mass is 16.4. The Hall–Kier alpha value is -1.79. The molecule has 0 bridgehead atoms. The van der Waals surface area contributed by atoms with E-state index < -0.39 is 0 Å². The lowest BCUT2D eigenvalue weighted by Gasteiger charge is -2.28. The minimum Gasteiger partial charge on any atom is -0.424 e. The van der Waals surface area contributed by atoms with E-state index in [1.165, 1.54) is 12.0 Å². The molecular formula is C18H27N5O. The van der Waals surface area contributed by atoms with Gasteiger partial charge in [-0.25, -0.2) is 0 Å². The van der Waals surface area contributed by atoms with Crippen LogP contribution in [0.4, 0.5) is 0 Å². The first-order valence-corrected chi connectivity index (χ1v) is 8.65. The minimum absolute atomic E-state index is 0.273. The fourth-order valence-electron chi connectivity index (χ4n) is 3.55. The SMILES string of the molecule is CC(C)c1nnc(CN(C)C[C@@H]2CCN(C)[C@H]2c2cccnc2)o1. The predicted octanol–water partition coefficient (Wildman–Crippen LogP) is 2.71. The summed E-state index contributed by atoms with van der Waals surface area (Å²) in [5, 5.41) is 8.28. The van der Waals surface area contributed by atoms with E-state index in [0.717, 1.165) is 13.1 Å². The normalized spacial score (nSPS) is 21.9. The summed E-state index contributed by atoms with van der Waals surface area (Å²) in [4.78, 5) is 9.00. The lowest BCUT2D eigenvalue weighted by atomic mass is 9.94. The minimum atomic E-state index is 0.273. The van der Waals surface area contributed by atoms with Gasteiger partial charge in [0, 0.05) is 30.9 Å². The van der Waals surface area contributed by atoms with Crippen LogP contribution in [-0.2, 0) is 6.54 Å². The van der Waals surface area contributed by atoms with Crippen molar-refractivity contribution in [1.29, 1.82) is 0 Å². The Labute approximate surface area is 143 Å². The second-order valence-electron chi connectivity index (χ2n) is 7.15. The van der Waals surface area contributed by atoms with Crippen LogP contribution in [0.5, 0.6) is 0 Å². The molecule has 130 valence electrons. The van der Waals surface area contributed by atoms with Crippen molar-refractivity contribution in [2.75, 3.05) is 27.2 Å². The largest absolute Gasteiger partial charge is 0.424 e. The maximum atomic E-state index is 5.73. The fraction of sp³-hybridized carbons (Fsp3) is 0.611. The van der Waals surface area contributed by atoms with Crippen molar-refractivity contribution in [2.24, 2.45) is 5.92 Å². The number of aromatic nitrogens is 3. The first-order valence-electron chi connectivity index (χ1n) is 8.65. The summed E-state index contributed by atoms with van der Waals surface area (Å²) in [6, 6.07) is 4.63. The van der Waals surface area contributed by atoms with Gasteiger partial charge in [-0.3, -0.25) is 14.8 Å². The number of likely N-dealkylation sites (tertiary alicyclic amines) is 1. The summed E-state index contributed by atoms with van der Waals surface area (Å²) in [6.07, 6.45) is 5.02. The summed E-state index contributed by atoms with van der Waals surface area (Å²) < 4.78 is 5.73. The molecule has 1 saturated heterocycles. The molecule has 2 aromatic rings. The van der Waals surface area contributed by atoms with Crippen molar-refractivity contribution in [3.63, 3.8) is 0 Å². The quantitative estimate of drug-likeness (QED) is 0.812.